The zero-order valence-corrected chi connectivity index (χ0v) is 12.3. The highest BCUT2D eigenvalue weighted by molar-refractivity contribution is 6.31. The fraction of sp³-hybridized carbons (Fsp3) is 0.571. The number of aliphatic hydroxyl groups excluding tert-OH is 1. The Balaban J connectivity index is 1.86. The van der Waals surface area contributed by atoms with E-state index >= 15 is 0 Å². The van der Waals surface area contributed by atoms with Gasteiger partial charge in [0.15, 0.2) is 0 Å². The van der Waals surface area contributed by atoms with Gasteiger partial charge in [0, 0.05) is 38.9 Å². The van der Waals surface area contributed by atoms with Gasteiger partial charge in [-0.25, -0.2) is 4.39 Å². The second-order valence-electron chi connectivity index (χ2n) is 5.05. The van der Waals surface area contributed by atoms with Gasteiger partial charge in [0.2, 0.25) is 0 Å². The number of hydrogen-bond donors (Lipinski definition) is 1. The third-order valence-corrected chi connectivity index (χ3v) is 3.69. The van der Waals surface area contributed by atoms with Crippen LogP contribution in [-0.2, 0) is 4.74 Å². The van der Waals surface area contributed by atoms with Crippen molar-refractivity contribution in [1.82, 2.24) is 4.90 Å². The van der Waals surface area contributed by atoms with Crippen LogP contribution >= 0.6 is 11.6 Å². The largest absolute Gasteiger partial charge is 0.390 e. The lowest BCUT2D eigenvalue weighted by atomic mass is 10.2. The van der Waals surface area contributed by atoms with E-state index in [4.69, 9.17) is 16.3 Å². The summed E-state index contributed by atoms with van der Waals surface area (Å²) in [7, 11) is 1.85. The van der Waals surface area contributed by atoms with Crippen LogP contribution in [0.3, 0.4) is 0 Å². The fourth-order valence-electron chi connectivity index (χ4n) is 2.28. The molecule has 1 aliphatic rings. The monoisotopic (exact) mass is 302 g/mol. The summed E-state index contributed by atoms with van der Waals surface area (Å²) in [6.45, 7) is 4.22. The summed E-state index contributed by atoms with van der Waals surface area (Å²) in [6.07, 6.45) is -0.470. The minimum Gasteiger partial charge on any atom is -0.390 e. The minimum atomic E-state index is -0.470. The highest BCUT2D eigenvalue weighted by Crippen LogP contribution is 2.21. The standard InChI is InChI=1S/C14H20ClFN2O2/c1-17(11-2-3-14(16)13(15)8-11)9-12(19)10-18-4-6-20-7-5-18/h2-3,8,12,19H,4-7,9-10H2,1H3. The molecular weight excluding hydrogens is 283 g/mol. The predicted molar refractivity (Wildman–Crippen MR) is 77.9 cm³/mol. The third kappa shape index (κ3) is 4.31. The van der Waals surface area contributed by atoms with Gasteiger partial charge < -0.3 is 14.7 Å². The first-order valence-corrected chi connectivity index (χ1v) is 7.08. The predicted octanol–water partition coefficient (Wildman–Crippen LogP) is 1.61. The van der Waals surface area contributed by atoms with E-state index in [1.807, 2.05) is 11.9 Å². The maximum Gasteiger partial charge on any atom is 0.141 e. The fourth-order valence-corrected chi connectivity index (χ4v) is 2.46. The van der Waals surface area contributed by atoms with Crippen molar-refractivity contribution in [3.05, 3.63) is 29.0 Å². The molecule has 1 aromatic carbocycles. The molecule has 0 amide bonds. The van der Waals surface area contributed by atoms with Crippen molar-refractivity contribution in [1.29, 1.82) is 0 Å². The highest BCUT2D eigenvalue weighted by Gasteiger charge is 2.16. The van der Waals surface area contributed by atoms with Crippen LogP contribution < -0.4 is 4.90 Å². The summed E-state index contributed by atoms with van der Waals surface area (Å²) >= 11 is 5.76. The molecule has 20 heavy (non-hydrogen) atoms. The number of hydrogen-bond acceptors (Lipinski definition) is 4. The van der Waals surface area contributed by atoms with Crippen LogP contribution in [0, 0.1) is 5.82 Å². The van der Waals surface area contributed by atoms with Crippen LogP contribution in [0.15, 0.2) is 18.2 Å². The Morgan fingerprint density at radius 3 is 2.80 bits per heavy atom. The molecule has 1 aromatic rings. The van der Waals surface area contributed by atoms with Gasteiger partial charge >= 0.3 is 0 Å². The first kappa shape index (κ1) is 15.5. The van der Waals surface area contributed by atoms with Gasteiger partial charge in [-0.1, -0.05) is 11.6 Å². The zero-order valence-electron chi connectivity index (χ0n) is 11.6. The second kappa shape index (κ2) is 7.22. The van der Waals surface area contributed by atoms with Gasteiger partial charge in [0.25, 0.3) is 0 Å². The molecule has 1 heterocycles. The third-order valence-electron chi connectivity index (χ3n) is 3.40. The molecule has 1 saturated heterocycles. The molecule has 6 heteroatoms. The molecule has 1 N–H and O–H groups in total. The summed E-state index contributed by atoms with van der Waals surface area (Å²) in [6, 6.07) is 4.56. The number of anilines is 1. The van der Waals surface area contributed by atoms with Gasteiger partial charge in [-0.2, -0.15) is 0 Å². The summed E-state index contributed by atoms with van der Waals surface area (Å²) < 4.78 is 18.4. The van der Waals surface area contributed by atoms with E-state index in [9.17, 15) is 9.50 Å². The number of benzene rings is 1. The number of likely N-dealkylation sites (N-methyl/N-ethyl adjacent to an activating group) is 1. The molecule has 0 bridgehead atoms. The van der Waals surface area contributed by atoms with Crippen LogP contribution in [0.2, 0.25) is 5.02 Å². The number of ether oxygens (including phenoxy) is 1. The van der Waals surface area contributed by atoms with E-state index in [1.165, 1.54) is 6.07 Å². The number of β-amino-alcohol motifs (C(OH)–C–C–N with tert-alkyl or cyclic N) is 1. The summed E-state index contributed by atoms with van der Waals surface area (Å²) in [5.74, 6) is -0.433. The molecule has 1 fully saturated rings. The van der Waals surface area contributed by atoms with Crippen molar-refractivity contribution in [2.75, 3.05) is 51.3 Å². The van der Waals surface area contributed by atoms with Gasteiger partial charge in [0.05, 0.1) is 24.3 Å². The molecule has 0 saturated carbocycles. The van der Waals surface area contributed by atoms with Crippen LogP contribution in [0.4, 0.5) is 10.1 Å². The second-order valence-corrected chi connectivity index (χ2v) is 5.45. The SMILES string of the molecule is CN(CC(O)CN1CCOCC1)c1ccc(F)c(Cl)c1. The lowest BCUT2D eigenvalue weighted by Crippen LogP contribution is -2.44. The first-order chi connectivity index (χ1) is 9.56. The van der Waals surface area contributed by atoms with E-state index in [-0.39, 0.29) is 5.02 Å². The Bertz CT molecular complexity index is 441. The van der Waals surface area contributed by atoms with E-state index < -0.39 is 11.9 Å². The number of halogens is 2. The minimum absolute atomic E-state index is 0.0945. The quantitative estimate of drug-likeness (QED) is 0.896. The number of rotatable bonds is 5. The van der Waals surface area contributed by atoms with E-state index in [0.29, 0.717) is 13.1 Å². The summed E-state index contributed by atoms with van der Waals surface area (Å²) in [4.78, 5) is 4.05. The van der Waals surface area contributed by atoms with Crippen molar-refractivity contribution in [2.45, 2.75) is 6.10 Å². The van der Waals surface area contributed by atoms with Crippen LogP contribution in [0.25, 0.3) is 0 Å². The zero-order chi connectivity index (χ0) is 14.5. The maximum absolute atomic E-state index is 13.1. The molecule has 112 valence electrons. The number of aliphatic hydroxyl groups is 1. The highest BCUT2D eigenvalue weighted by atomic mass is 35.5. The molecule has 4 nitrogen and oxygen atoms in total. The van der Waals surface area contributed by atoms with Crippen molar-refractivity contribution in [3.63, 3.8) is 0 Å². The average molecular weight is 303 g/mol. The van der Waals surface area contributed by atoms with E-state index in [1.54, 1.807) is 12.1 Å². The normalized spacial score (nSPS) is 18.0. The van der Waals surface area contributed by atoms with E-state index in [0.717, 1.165) is 32.0 Å². The van der Waals surface area contributed by atoms with Crippen LogP contribution in [-0.4, -0.2) is 62.6 Å². The molecule has 0 radical (unpaired) electrons. The Morgan fingerprint density at radius 2 is 2.15 bits per heavy atom. The molecule has 0 aliphatic carbocycles. The lowest BCUT2D eigenvalue weighted by Gasteiger charge is -2.30. The first-order valence-electron chi connectivity index (χ1n) is 6.70. The maximum atomic E-state index is 13.1. The van der Waals surface area contributed by atoms with Crippen molar-refractivity contribution < 1.29 is 14.2 Å². The molecule has 1 aliphatic heterocycles. The molecular formula is C14H20ClFN2O2. The molecule has 1 unspecified atom stereocenters. The Hall–Kier alpha value is -0.880. The lowest BCUT2D eigenvalue weighted by molar-refractivity contribution is 0.0162. The van der Waals surface area contributed by atoms with Gasteiger partial charge in [-0.05, 0) is 18.2 Å². The van der Waals surface area contributed by atoms with Crippen molar-refractivity contribution >= 4 is 17.3 Å². The van der Waals surface area contributed by atoms with Crippen LogP contribution in [0.5, 0.6) is 0 Å². The van der Waals surface area contributed by atoms with Gasteiger partial charge in [0.1, 0.15) is 5.82 Å². The van der Waals surface area contributed by atoms with Gasteiger partial charge in [-0.15, -0.1) is 0 Å². The van der Waals surface area contributed by atoms with Gasteiger partial charge in [-0.3, -0.25) is 4.90 Å². The Kier molecular flexibility index (Phi) is 5.60. The molecule has 0 aromatic heterocycles. The molecule has 2 rings (SSSR count). The summed E-state index contributed by atoms with van der Waals surface area (Å²) in [5.41, 5.74) is 0.789. The number of morpholine rings is 1. The van der Waals surface area contributed by atoms with Crippen molar-refractivity contribution in [3.8, 4) is 0 Å². The summed E-state index contributed by atoms with van der Waals surface area (Å²) in [5, 5.41) is 10.2. The smallest absolute Gasteiger partial charge is 0.141 e. The van der Waals surface area contributed by atoms with E-state index in [2.05, 4.69) is 4.90 Å². The number of nitrogens with zero attached hydrogens (tertiary/aromatic N) is 2. The molecule has 1 atom stereocenters. The molecule has 0 spiro atoms. The van der Waals surface area contributed by atoms with Crippen molar-refractivity contribution in [2.24, 2.45) is 0 Å². The average Bonchev–Trinajstić information content (AvgIpc) is 2.42. The Morgan fingerprint density at radius 1 is 1.45 bits per heavy atom. The van der Waals surface area contributed by atoms with Crippen LogP contribution in [0.1, 0.15) is 0 Å². The topological polar surface area (TPSA) is 35.9 Å². The Labute approximate surface area is 123 Å².